The summed E-state index contributed by atoms with van der Waals surface area (Å²) in [5.74, 6) is 1.58. The molecular weight excluding hydrogens is 340 g/mol. The van der Waals surface area contributed by atoms with E-state index in [0.717, 1.165) is 34.4 Å². The molecule has 27 heavy (non-hydrogen) atoms. The molecule has 0 spiro atoms. The SMILES string of the molecule is CCOc1ccccc1CNC(=O)c1cc2cccc3c2n1CC(CC)O3. The van der Waals surface area contributed by atoms with E-state index in [4.69, 9.17) is 9.47 Å². The highest BCUT2D eigenvalue weighted by Gasteiger charge is 2.25. The van der Waals surface area contributed by atoms with Crippen molar-refractivity contribution in [2.75, 3.05) is 6.61 Å². The fourth-order valence-corrected chi connectivity index (χ4v) is 3.61. The molecule has 0 bridgehead atoms. The Morgan fingerprint density at radius 1 is 1.22 bits per heavy atom. The van der Waals surface area contributed by atoms with Gasteiger partial charge in [0.1, 0.15) is 23.3 Å². The number of amides is 1. The van der Waals surface area contributed by atoms with E-state index in [2.05, 4.69) is 16.8 Å². The van der Waals surface area contributed by atoms with Crippen LogP contribution in [-0.4, -0.2) is 23.2 Å². The van der Waals surface area contributed by atoms with Gasteiger partial charge in [0.25, 0.3) is 5.91 Å². The Bertz CT molecular complexity index is 977. The maximum Gasteiger partial charge on any atom is 0.268 e. The zero-order valence-corrected chi connectivity index (χ0v) is 15.7. The third-order valence-electron chi connectivity index (χ3n) is 4.96. The lowest BCUT2D eigenvalue weighted by Crippen LogP contribution is -2.31. The van der Waals surface area contributed by atoms with Crippen molar-refractivity contribution in [2.45, 2.75) is 39.5 Å². The molecule has 0 aliphatic carbocycles. The van der Waals surface area contributed by atoms with Crippen LogP contribution >= 0.6 is 0 Å². The molecule has 1 amide bonds. The first-order valence-corrected chi connectivity index (χ1v) is 9.49. The van der Waals surface area contributed by atoms with Gasteiger partial charge in [-0.25, -0.2) is 0 Å². The molecule has 5 heteroatoms. The van der Waals surface area contributed by atoms with Crippen LogP contribution in [0.3, 0.4) is 0 Å². The monoisotopic (exact) mass is 364 g/mol. The van der Waals surface area contributed by atoms with Gasteiger partial charge in [0.15, 0.2) is 0 Å². The van der Waals surface area contributed by atoms with Crippen LogP contribution in [0.1, 0.15) is 36.3 Å². The first-order chi connectivity index (χ1) is 13.2. The highest BCUT2D eigenvalue weighted by molar-refractivity contribution is 6.00. The molecular formula is C22H24N2O3. The fraction of sp³-hybridized carbons (Fsp3) is 0.318. The van der Waals surface area contributed by atoms with Gasteiger partial charge in [-0.1, -0.05) is 37.3 Å². The molecule has 1 atom stereocenters. The molecule has 1 unspecified atom stereocenters. The van der Waals surface area contributed by atoms with Crippen molar-refractivity contribution in [1.82, 2.24) is 9.88 Å². The number of rotatable bonds is 6. The van der Waals surface area contributed by atoms with Crippen LogP contribution in [-0.2, 0) is 13.1 Å². The Labute approximate surface area is 158 Å². The first kappa shape index (κ1) is 17.5. The Kier molecular flexibility index (Phi) is 4.75. The summed E-state index contributed by atoms with van der Waals surface area (Å²) in [6, 6.07) is 15.7. The number of hydrogen-bond acceptors (Lipinski definition) is 3. The minimum atomic E-state index is -0.0831. The second-order valence-corrected chi connectivity index (χ2v) is 6.71. The van der Waals surface area contributed by atoms with Crippen LogP contribution in [0.15, 0.2) is 48.5 Å². The molecule has 3 aromatic rings. The molecule has 5 nitrogen and oxygen atoms in total. The third kappa shape index (κ3) is 3.25. The summed E-state index contributed by atoms with van der Waals surface area (Å²) in [5.41, 5.74) is 2.65. The fourth-order valence-electron chi connectivity index (χ4n) is 3.61. The highest BCUT2D eigenvalue weighted by atomic mass is 16.5. The first-order valence-electron chi connectivity index (χ1n) is 9.49. The van der Waals surface area contributed by atoms with Gasteiger partial charge in [0.2, 0.25) is 0 Å². The van der Waals surface area contributed by atoms with E-state index in [-0.39, 0.29) is 12.0 Å². The third-order valence-corrected chi connectivity index (χ3v) is 4.96. The average molecular weight is 364 g/mol. The summed E-state index contributed by atoms with van der Waals surface area (Å²) in [4.78, 5) is 13.0. The minimum absolute atomic E-state index is 0.0831. The number of nitrogens with one attached hydrogen (secondary N) is 1. The smallest absolute Gasteiger partial charge is 0.268 e. The normalized spacial score (nSPS) is 15.4. The van der Waals surface area contributed by atoms with Gasteiger partial charge in [-0.3, -0.25) is 4.79 Å². The van der Waals surface area contributed by atoms with Gasteiger partial charge in [-0.2, -0.15) is 0 Å². The number of nitrogens with zero attached hydrogens (tertiary/aromatic N) is 1. The predicted molar refractivity (Wildman–Crippen MR) is 105 cm³/mol. The molecule has 0 radical (unpaired) electrons. The summed E-state index contributed by atoms with van der Waals surface area (Å²) >= 11 is 0. The van der Waals surface area contributed by atoms with E-state index in [1.165, 1.54) is 0 Å². The van der Waals surface area contributed by atoms with Gasteiger partial charge in [0, 0.05) is 17.5 Å². The molecule has 2 heterocycles. The topological polar surface area (TPSA) is 52.5 Å². The Morgan fingerprint density at radius 3 is 2.89 bits per heavy atom. The Hall–Kier alpha value is -2.95. The van der Waals surface area contributed by atoms with E-state index in [9.17, 15) is 4.79 Å². The van der Waals surface area contributed by atoms with Crippen molar-refractivity contribution in [3.63, 3.8) is 0 Å². The summed E-state index contributed by atoms with van der Waals surface area (Å²) in [7, 11) is 0. The standard InChI is InChI=1S/C22H24N2O3/c1-3-17-14-24-18(12-15-9-7-11-20(27-17)21(15)24)22(25)23-13-16-8-5-6-10-19(16)26-4-2/h5-12,17H,3-4,13-14H2,1-2H3,(H,23,25). The number of aromatic nitrogens is 1. The van der Waals surface area contributed by atoms with Gasteiger partial charge >= 0.3 is 0 Å². The second kappa shape index (κ2) is 7.35. The molecule has 1 aliphatic heterocycles. The van der Waals surface area contributed by atoms with E-state index in [1.807, 2.05) is 55.5 Å². The molecule has 1 aromatic heterocycles. The Balaban J connectivity index is 1.60. The van der Waals surface area contributed by atoms with Crippen LogP contribution in [0.5, 0.6) is 11.5 Å². The lowest BCUT2D eigenvalue weighted by atomic mass is 10.2. The van der Waals surface area contributed by atoms with Crippen molar-refractivity contribution >= 4 is 16.8 Å². The predicted octanol–water partition coefficient (Wildman–Crippen LogP) is 4.14. The largest absolute Gasteiger partial charge is 0.494 e. The maximum absolute atomic E-state index is 13.0. The Morgan fingerprint density at radius 2 is 2.07 bits per heavy atom. The molecule has 4 rings (SSSR count). The van der Waals surface area contributed by atoms with E-state index < -0.39 is 0 Å². The lowest BCUT2D eigenvalue weighted by Gasteiger charge is -2.26. The van der Waals surface area contributed by atoms with Crippen molar-refractivity contribution in [2.24, 2.45) is 0 Å². The van der Waals surface area contributed by atoms with Gasteiger partial charge in [-0.05, 0) is 31.5 Å². The quantitative estimate of drug-likeness (QED) is 0.715. The van der Waals surface area contributed by atoms with Crippen LogP contribution in [0.4, 0.5) is 0 Å². The summed E-state index contributed by atoms with van der Waals surface area (Å²) < 4.78 is 13.8. The minimum Gasteiger partial charge on any atom is -0.494 e. The summed E-state index contributed by atoms with van der Waals surface area (Å²) in [5, 5.41) is 4.08. The van der Waals surface area contributed by atoms with Crippen LogP contribution in [0.2, 0.25) is 0 Å². The molecule has 1 aliphatic rings. The molecule has 0 saturated heterocycles. The molecule has 0 fully saturated rings. The number of benzene rings is 2. The van der Waals surface area contributed by atoms with Gasteiger partial charge < -0.3 is 19.4 Å². The lowest BCUT2D eigenvalue weighted by molar-refractivity contribution is 0.0935. The second-order valence-electron chi connectivity index (χ2n) is 6.71. The number of carbonyl (C=O) groups excluding carboxylic acids is 1. The van der Waals surface area contributed by atoms with E-state index >= 15 is 0 Å². The molecule has 1 N–H and O–H groups in total. The van der Waals surface area contributed by atoms with E-state index in [1.54, 1.807) is 0 Å². The van der Waals surface area contributed by atoms with Crippen LogP contribution in [0, 0.1) is 0 Å². The number of para-hydroxylation sites is 2. The van der Waals surface area contributed by atoms with Gasteiger partial charge in [0.05, 0.1) is 18.7 Å². The zero-order valence-electron chi connectivity index (χ0n) is 15.7. The number of carbonyl (C=O) groups is 1. The molecule has 0 saturated carbocycles. The zero-order chi connectivity index (χ0) is 18.8. The number of hydrogen-bond donors (Lipinski definition) is 1. The van der Waals surface area contributed by atoms with Crippen LogP contribution in [0.25, 0.3) is 10.9 Å². The van der Waals surface area contributed by atoms with E-state index in [0.29, 0.717) is 25.4 Å². The summed E-state index contributed by atoms with van der Waals surface area (Å²) in [6.07, 6.45) is 0.984. The molecule has 2 aromatic carbocycles. The summed E-state index contributed by atoms with van der Waals surface area (Å²) in [6.45, 7) is 5.77. The van der Waals surface area contributed by atoms with Gasteiger partial charge in [-0.15, -0.1) is 0 Å². The van der Waals surface area contributed by atoms with Crippen molar-refractivity contribution in [3.05, 3.63) is 59.8 Å². The van der Waals surface area contributed by atoms with Crippen molar-refractivity contribution < 1.29 is 14.3 Å². The highest BCUT2D eigenvalue weighted by Crippen LogP contribution is 2.34. The molecule has 140 valence electrons. The average Bonchev–Trinajstić information content (AvgIpc) is 3.07. The number of ether oxygens (including phenoxy) is 2. The van der Waals surface area contributed by atoms with Crippen molar-refractivity contribution in [3.8, 4) is 11.5 Å². The van der Waals surface area contributed by atoms with Crippen molar-refractivity contribution in [1.29, 1.82) is 0 Å². The van der Waals surface area contributed by atoms with Crippen LogP contribution < -0.4 is 14.8 Å². The maximum atomic E-state index is 13.0.